The van der Waals surface area contributed by atoms with Crippen LogP contribution in [0.4, 0.5) is 0 Å². The fraction of sp³-hybridized carbons (Fsp3) is 0.944. The molecule has 0 atom stereocenters. The first-order valence-electron chi connectivity index (χ1n) is 9.18. The van der Waals surface area contributed by atoms with Crippen LogP contribution in [0.1, 0.15) is 46.5 Å². The van der Waals surface area contributed by atoms with E-state index in [0.717, 1.165) is 50.9 Å². The third-order valence-electron chi connectivity index (χ3n) is 5.57. The van der Waals surface area contributed by atoms with E-state index in [9.17, 15) is 4.79 Å². The Morgan fingerprint density at radius 3 is 2.27 bits per heavy atom. The molecule has 0 bridgehead atoms. The number of rotatable bonds is 6. The van der Waals surface area contributed by atoms with Crippen LogP contribution in [0.15, 0.2) is 0 Å². The Hall–Kier alpha value is -0.610. The minimum absolute atomic E-state index is 0.188. The van der Waals surface area contributed by atoms with Gasteiger partial charge >= 0.3 is 0 Å². The fourth-order valence-electron chi connectivity index (χ4n) is 3.69. The highest BCUT2D eigenvalue weighted by molar-refractivity contribution is 5.77. The number of ether oxygens (including phenoxy) is 1. The number of amides is 1. The van der Waals surface area contributed by atoms with Gasteiger partial charge < -0.3 is 14.5 Å². The summed E-state index contributed by atoms with van der Waals surface area (Å²) >= 11 is 0. The van der Waals surface area contributed by atoms with Gasteiger partial charge in [0.2, 0.25) is 5.91 Å². The molecule has 1 amide bonds. The van der Waals surface area contributed by atoms with Gasteiger partial charge in [0.05, 0.1) is 6.61 Å². The number of carbonyl (C=O) groups excluding carboxylic acids is 1. The highest BCUT2D eigenvalue weighted by Gasteiger charge is 2.25. The van der Waals surface area contributed by atoms with Crippen LogP contribution in [-0.2, 0) is 9.53 Å². The number of piperidine rings is 2. The van der Waals surface area contributed by atoms with Crippen molar-refractivity contribution in [2.75, 3.05) is 45.9 Å². The fourth-order valence-corrected chi connectivity index (χ4v) is 3.69. The smallest absolute Gasteiger partial charge is 0.248 e. The maximum absolute atomic E-state index is 12.2. The lowest BCUT2D eigenvalue weighted by atomic mass is 9.87. The lowest BCUT2D eigenvalue weighted by molar-refractivity contribution is -0.138. The SMILES string of the molecule is CCN1CCC(COCC(=O)N2CCC(C(C)C)CC2)CC1. The van der Waals surface area contributed by atoms with Gasteiger partial charge in [-0.2, -0.15) is 0 Å². The molecule has 0 N–H and O–H groups in total. The van der Waals surface area contributed by atoms with Gasteiger partial charge in [0.1, 0.15) is 6.61 Å². The Kier molecular flexibility index (Phi) is 7.16. The van der Waals surface area contributed by atoms with Crippen molar-refractivity contribution >= 4 is 5.91 Å². The molecule has 2 rings (SSSR count). The monoisotopic (exact) mass is 310 g/mol. The van der Waals surface area contributed by atoms with Crippen molar-refractivity contribution in [2.45, 2.75) is 46.5 Å². The van der Waals surface area contributed by atoms with Crippen LogP contribution in [0.25, 0.3) is 0 Å². The second-order valence-corrected chi connectivity index (χ2v) is 7.35. The van der Waals surface area contributed by atoms with E-state index in [4.69, 9.17) is 4.74 Å². The third kappa shape index (κ3) is 5.24. The number of hydrogen-bond acceptors (Lipinski definition) is 3. The molecule has 0 aromatic rings. The molecular weight excluding hydrogens is 276 g/mol. The molecule has 0 aliphatic carbocycles. The Balaban J connectivity index is 1.58. The van der Waals surface area contributed by atoms with Crippen LogP contribution >= 0.6 is 0 Å². The summed E-state index contributed by atoms with van der Waals surface area (Å²) in [7, 11) is 0. The standard InChI is InChI=1S/C18H34N2O2/c1-4-19-9-5-16(6-10-19)13-22-14-18(21)20-11-7-17(8-12-20)15(2)3/h15-17H,4-14H2,1-3H3. The summed E-state index contributed by atoms with van der Waals surface area (Å²) in [6, 6.07) is 0. The molecule has 2 saturated heterocycles. The van der Waals surface area contributed by atoms with Crippen LogP contribution in [0, 0.1) is 17.8 Å². The zero-order chi connectivity index (χ0) is 15.9. The van der Waals surface area contributed by atoms with Crippen LogP contribution in [-0.4, -0.2) is 61.6 Å². The molecule has 22 heavy (non-hydrogen) atoms. The zero-order valence-electron chi connectivity index (χ0n) is 14.7. The van der Waals surface area contributed by atoms with E-state index in [-0.39, 0.29) is 12.5 Å². The second kappa shape index (κ2) is 8.88. The molecule has 4 heteroatoms. The van der Waals surface area contributed by atoms with Gasteiger partial charge in [0, 0.05) is 13.1 Å². The molecule has 0 spiro atoms. The average molecular weight is 310 g/mol. The summed E-state index contributed by atoms with van der Waals surface area (Å²) in [5, 5.41) is 0. The quantitative estimate of drug-likeness (QED) is 0.756. The minimum atomic E-state index is 0.188. The summed E-state index contributed by atoms with van der Waals surface area (Å²) in [6.07, 6.45) is 4.72. The van der Waals surface area contributed by atoms with Crippen molar-refractivity contribution in [2.24, 2.45) is 17.8 Å². The third-order valence-corrected chi connectivity index (χ3v) is 5.57. The van der Waals surface area contributed by atoms with Gasteiger partial charge in [-0.05, 0) is 63.1 Å². The Bertz CT molecular complexity index is 330. The Morgan fingerprint density at radius 1 is 1.09 bits per heavy atom. The van der Waals surface area contributed by atoms with E-state index in [1.807, 2.05) is 4.90 Å². The predicted molar refractivity (Wildman–Crippen MR) is 89.8 cm³/mol. The van der Waals surface area contributed by atoms with E-state index in [2.05, 4.69) is 25.7 Å². The first kappa shape index (κ1) is 17.7. The van der Waals surface area contributed by atoms with Gasteiger partial charge in [-0.25, -0.2) is 0 Å². The summed E-state index contributed by atoms with van der Waals surface area (Å²) in [4.78, 5) is 16.7. The minimum Gasteiger partial charge on any atom is -0.371 e. The maximum Gasteiger partial charge on any atom is 0.248 e. The van der Waals surface area contributed by atoms with Crippen molar-refractivity contribution in [3.63, 3.8) is 0 Å². The summed E-state index contributed by atoms with van der Waals surface area (Å²) in [5.74, 6) is 2.35. The zero-order valence-corrected chi connectivity index (χ0v) is 14.7. The van der Waals surface area contributed by atoms with E-state index in [1.54, 1.807) is 0 Å². The molecule has 0 aromatic carbocycles. The largest absolute Gasteiger partial charge is 0.371 e. The van der Waals surface area contributed by atoms with Crippen molar-refractivity contribution in [3.8, 4) is 0 Å². The van der Waals surface area contributed by atoms with Gasteiger partial charge in [-0.1, -0.05) is 20.8 Å². The Labute approximate surface area is 136 Å². The predicted octanol–water partition coefficient (Wildman–Crippen LogP) is 2.63. The average Bonchev–Trinajstić information content (AvgIpc) is 2.55. The molecule has 0 unspecified atom stereocenters. The molecule has 2 fully saturated rings. The number of carbonyl (C=O) groups is 1. The van der Waals surface area contributed by atoms with Crippen molar-refractivity contribution in [1.29, 1.82) is 0 Å². The van der Waals surface area contributed by atoms with Crippen LogP contribution in [0.2, 0.25) is 0 Å². The van der Waals surface area contributed by atoms with E-state index >= 15 is 0 Å². The van der Waals surface area contributed by atoms with Gasteiger partial charge in [0.25, 0.3) is 0 Å². The second-order valence-electron chi connectivity index (χ2n) is 7.35. The van der Waals surface area contributed by atoms with Crippen LogP contribution in [0.5, 0.6) is 0 Å². The van der Waals surface area contributed by atoms with Gasteiger partial charge in [-0.3, -0.25) is 4.79 Å². The molecule has 128 valence electrons. The molecular formula is C18H34N2O2. The van der Waals surface area contributed by atoms with Crippen molar-refractivity contribution in [3.05, 3.63) is 0 Å². The highest BCUT2D eigenvalue weighted by Crippen LogP contribution is 2.24. The first-order chi connectivity index (χ1) is 10.6. The molecule has 0 saturated carbocycles. The van der Waals surface area contributed by atoms with Crippen molar-refractivity contribution < 1.29 is 9.53 Å². The lowest BCUT2D eigenvalue weighted by Crippen LogP contribution is -2.41. The normalized spacial score (nSPS) is 22.5. The molecule has 4 nitrogen and oxygen atoms in total. The molecule has 2 aliphatic rings. The van der Waals surface area contributed by atoms with Gasteiger partial charge in [0.15, 0.2) is 0 Å². The van der Waals surface area contributed by atoms with Crippen molar-refractivity contribution in [1.82, 2.24) is 9.80 Å². The van der Waals surface area contributed by atoms with Crippen LogP contribution < -0.4 is 0 Å². The topological polar surface area (TPSA) is 32.8 Å². The van der Waals surface area contributed by atoms with E-state index in [1.165, 1.54) is 25.9 Å². The molecule has 0 aromatic heterocycles. The highest BCUT2D eigenvalue weighted by atomic mass is 16.5. The number of hydrogen-bond donors (Lipinski definition) is 0. The van der Waals surface area contributed by atoms with Crippen LogP contribution in [0.3, 0.4) is 0 Å². The lowest BCUT2D eigenvalue weighted by Gasteiger charge is -2.34. The van der Waals surface area contributed by atoms with Gasteiger partial charge in [-0.15, -0.1) is 0 Å². The molecule has 0 radical (unpaired) electrons. The molecule has 2 aliphatic heterocycles. The molecule has 2 heterocycles. The van der Waals surface area contributed by atoms with E-state index in [0.29, 0.717) is 5.92 Å². The maximum atomic E-state index is 12.2. The summed E-state index contributed by atoms with van der Waals surface area (Å²) in [5.41, 5.74) is 0. The number of nitrogens with zero attached hydrogens (tertiary/aromatic N) is 2. The Morgan fingerprint density at radius 2 is 1.73 bits per heavy atom. The summed E-state index contributed by atoms with van der Waals surface area (Å²) < 4.78 is 5.72. The van der Waals surface area contributed by atoms with E-state index < -0.39 is 0 Å². The first-order valence-corrected chi connectivity index (χ1v) is 9.18. The summed E-state index contributed by atoms with van der Waals surface area (Å²) in [6.45, 7) is 13.2. The number of likely N-dealkylation sites (tertiary alicyclic amines) is 2.